The number of rotatable bonds is 4. The van der Waals surface area contributed by atoms with Gasteiger partial charge in [0.2, 0.25) is 10.0 Å². The lowest BCUT2D eigenvalue weighted by molar-refractivity contribution is 0.181. The van der Waals surface area contributed by atoms with Crippen LogP contribution in [0.25, 0.3) is 0 Å². The van der Waals surface area contributed by atoms with Crippen molar-refractivity contribution in [1.29, 1.82) is 0 Å². The second-order valence-corrected chi connectivity index (χ2v) is 10.0. The van der Waals surface area contributed by atoms with Gasteiger partial charge in [0.25, 0.3) is 0 Å². The summed E-state index contributed by atoms with van der Waals surface area (Å²) in [5, 5.41) is 1.60. The fourth-order valence-electron chi connectivity index (χ4n) is 2.88. The summed E-state index contributed by atoms with van der Waals surface area (Å²) in [7, 11) is -3.77. The number of nitrogens with zero attached hydrogens (tertiary/aromatic N) is 2. The molecule has 0 bridgehead atoms. The van der Waals surface area contributed by atoms with Crippen molar-refractivity contribution in [3.8, 4) is 0 Å². The van der Waals surface area contributed by atoms with Crippen LogP contribution in [0.5, 0.6) is 0 Å². The Labute approximate surface area is 183 Å². The second-order valence-electron chi connectivity index (χ2n) is 6.08. The van der Waals surface area contributed by atoms with Gasteiger partial charge in [0.05, 0.1) is 15.1 Å². The van der Waals surface area contributed by atoms with Crippen LogP contribution in [-0.2, 0) is 16.6 Å². The lowest BCUT2D eigenvalue weighted by atomic mass is 10.2. The van der Waals surface area contributed by atoms with Crippen LogP contribution < -0.4 is 0 Å². The van der Waals surface area contributed by atoms with Crippen molar-refractivity contribution in [1.82, 2.24) is 9.21 Å². The van der Waals surface area contributed by atoms with Crippen LogP contribution in [0, 0.1) is 0 Å². The zero-order chi connectivity index (χ0) is 19.8. The number of sulfonamides is 1. The van der Waals surface area contributed by atoms with Gasteiger partial charge in [0.15, 0.2) is 0 Å². The number of halogens is 5. The van der Waals surface area contributed by atoms with E-state index in [0.29, 0.717) is 42.8 Å². The minimum atomic E-state index is -3.77. The van der Waals surface area contributed by atoms with Crippen LogP contribution >= 0.6 is 58.0 Å². The van der Waals surface area contributed by atoms with Crippen LogP contribution in [-0.4, -0.2) is 43.8 Å². The van der Waals surface area contributed by atoms with E-state index in [9.17, 15) is 8.42 Å². The molecular formula is C17H15Cl5N2O2S. The van der Waals surface area contributed by atoms with Gasteiger partial charge in [-0.25, -0.2) is 8.42 Å². The Morgan fingerprint density at radius 3 is 1.93 bits per heavy atom. The van der Waals surface area contributed by atoms with E-state index in [-0.39, 0.29) is 20.0 Å². The van der Waals surface area contributed by atoms with Crippen molar-refractivity contribution in [2.24, 2.45) is 0 Å². The number of hydrogen-bond donors (Lipinski definition) is 0. The molecule has 2 aromatic rings. The first-order chi connectivity index (χ1) is 12.7. The van der Waals surface area contributed by atoms with Gasteiger partial charge in [-0.1, -0.05) is 64.1 Å². The molecule has 0 spiro atoms. The summed E-state index contributed by atoms with van der Waals surface area (Å²) in [4.78, 5) is 2.07. The van der Waals surface area contributed by atoms with Gasteiger partial charge < -0.3 is 0 Å². The minimum Gasteiger partial charge on any atom is -0.296 e. The van der Waals surface area contributed by atoms with E-state index in [1.165, 1.54) is 16.4 Å². The van der Waals surface area contributed by atoms with E-state index in [0.717, 1.165) is 5.56 Å². The average Bonchev–Trinajstić information content (AvgIpc) is 2.61. The molecule has 1 saturated heterocycles. The molecule has 4 nitrogen and oxygen atoms in total. The van der Waals surface area contributed by atoms with Crippen LogP contribution in [0.3, 0.4) is 0 Å². The molecule has 0 aromatic heterocycles. The summed E-state index contributed by atoms with van der Waals surface area (Å²) < 4.78 is 27.2. The largest absolute Gasteiger partial charge is 0.296 e. The highest BCUT2D eigenvalue weighted by molar-refractivity contribution is 7.89. The van der Waals surface area contributed by atoms with E-state index < -0.39 is 10.0 Å². The molecule has 146 valence electrons. The van der Waals surface area contributed by atoms with Gasteiger partial charge in [-0.15, -0.1) is 0 Å². The van der Waals surface area contributed by atoms with Crippen molar-refractivity contribution in [3.63, 3.8) is 0 Å². The van der Waals surface area contributed by atoms with Gasteiger partial charge in [0.1, 0.15) is 4.90 Å². The van der Waals surface area contributed by atoms with E-state index in [1.807, 2.05) is 0 Å². The van der Waals surface area contributed by atoms with E-state index in [2.05, 4.69) is 4.90 Å². The van der Waals surface area contributed by atoms with E-state index in [4.69, 9.17) is 58.0 Å². The second kappa shape index (κ2) is 8.64. The van der Waals surface area contributed by atoms with Crippen molar-refractivity contribution < 1.29 is 8.42 Å². The molecule has 0 radical (unpaired) electrons. The summed E-state index contributed by atoms with van der Waals surface area (Å²) in [6.07, 6.45) is 0. The predicted octanol–water partition coefficient (Wildman–Crippen LogP) is 5.46. The van der Waals surface area contributed by atoms with Gasteiger partial charge in [-0.05, 0) is 24.3 Å². The fraction of sp³-hybridized carbons (Fsp3) is 0.294. The first-order valence-corrected chi connectivity index (χ1v) is 11.3. The zero-order valence-corrected chi connectivity index (χ0v) is 18.5. The SMILES string of the molecule is O=S(=O)(c1cc(Cl)c(Cl)cc1Cl)N1CCN(Cc2c(Cl)cccc2Cl)CC1. The molecule has 27 heavy (non-hydrogen) atoms. The standard InChI is InChI=1S/C17H15Cl5N2O2S/c18-12-2-1-3-13(19)11(12)10-23-4-6-24(7-5-23)27(25,26)17-9-15(21)14(20)8-16(17)22/h1-3,8-9H,4-7,10H2. The van der Waals surface area contributed by atoms with Gasteiger partial charge in [-0.3, -0.25) is 4.90 Å². The molecule has 0 saturated carbocycles. The molecule has 0 atom stereocenters. The van der Waals surface area contributed by atoms with E-state index in [1.54, 1.807) is 18.2 Å². The maximum Gasteiger partial charge on any atom is 0.244 e. The van der Waals surface area contributed by atoms with Crippen molar-refractivity contribution >= 4 is 68.0 Å². The smallest absolute Gasteiger partial charge is 0.244 e. The summed E-state index contributed by atoms with van der Waals surface area (Å²) in [5.41, 5.74) is 0.838. The Hall–Kier alpha value is -0.240. The molecule has 0 aliphatic carbocycles. The fourth-order valence-corrected chi connectivity index (χ4v) is 5.79. The van der Waals surface area contributed by atoms with Crippen molar-refractivity contribution in [3.05, 3.63) is 61.0 Å². The van der Waals surface area contributed by atoms with Crippen LogP contribution in [0.2, 0.25) is 25.1 Å². The van der Waals surface area contributed by atoms with Gasteiger partial charge in [-0.2, -0.15) is 4.31 Å². The van der Waals surface area contributed by atoms with Gasteiger partial charge >= 0.3 is 0 Å². The third-order valence-corrected chi connectivity index (χ3v) is 8.16. The molecule has 3 rings (SSSR count). The normalized spacial score (nSPS) is 16.6. The topological polar surface area (TPSA) is 40.6 Å². The highest BCUT2D eigenvalue weighted by Crippen LogP contribution is 2.33. The summed E-state index contributed by atoms with van der Waals surface area (Å²) in [6.45, 7) is 2.28. The Kier molecular flexibility index (Phi) is 6.87. The third kappa shape index (κ3) is 4.68. The minimum absolute atomic E-state index is 0.0406. The number of piperazine rings is 1. The first-order valence-electron chi connectivity index (χ1n) is 8.00. The predicted molar refractivity (Wildman–Crippen MR) is 112 cm³/mol. The highest BCUT2D eigenvalue weighted by Gasteiger charge is 2.31. The first kappa shape index (κ1) is 21.5. The molecule has 1 aliphatic rings. The van der Waals surface area contributed by atoms with Crippen LogP contribution in [0.4, 0.5) is 0 Å². The van der Waals surface area contributed by atoms with Gasteiger partial charge in [0, 0.05) is 48.3 Å². The third-order valence-electron chi connectivity index (χ3n) is 4.37. The van der Waals surface area contributed by atoms with E-state index >= 15 is 0 Å². The van der Waals surface area contributed by atoms with Crippen molar-refractivity contribution in [2.45, 2.75) is 11.4 Å². The lowest BCUT2D eigenvalue weighted by Gasteiger charge is -2.34. The molecule has 1 heterocycles. The van der Waals surface area contributed by atoms with Crippen LogP contribution in [0.1, 0.15) is 5.56 Å². The summed E-state index contributed by atoms with van der Waals surface area (Å²) >= 11 is 30.4. The quantitative estimate of drug-likeness (QED) is 0.537. The maximum atomic E-state index is 12.9. The Morgan fingerprint density at radius 2 is 1.33 bits per heavy atom. The highest BCUT2D eigenvalue weighted by atomic mass is 35.5. The maximum absolute atomic E-state index is 12.9. The molecule has 10 heteroatoms. The summed E-state index contributed by atoms with van der Waals surface area (Å²) in [6, 6.07) is 8.00. The molecule has 1 fully saturated rings. The Balaban J connectivity index is 1.73. The summed E-state index contributed by atoms with van der Waals surface area (Å²) in [5.74, 6) is 0. The molecule has 1 aliphatic heterocycles. The van der Waals surface area contributed by atoms with Crippen molar-refractivity contribution in [2.75, 3.05) is 26.2 Å². The Morgan fingerprint density at radius 1 is 0.778 bits per heavy atom. The zero-order valence-electron chi connectivity index (χ0n) is 13.9. The Bertz CT molecular complexity index is 940. The lowest BCUT2D eigenvalue weighted by Crippen LogP contribution is -2.48. The molecule has 0 amide bonds. The number of benzene rings is 2. The monoisotopic (exact) mass is 486 g/mol. The molecule has 0 unspecified atom stereocenters. The molecular weight excluding hydrogens is 474 g/mol. The molecule has 0 N–H and O–H groups in total. The number of hydrogen-bond acceptors (Lipinski definition) is 3. The average molecular weight is 489 g/mol. The van der Waals surface area contributed by atoms with Crippen LogP contribution in [0.15, 0.2) is 35.2 Å². The molecule has 2 aromatic carbocycles.